The Bertz CT molecular complexity index is 666. The quantitative estimate of drug-likeness (QED) is 0.786. The van der Waals surface area contributed by atoms with Crippen LogP contribution in [0.15, 0.2) is 46.9 Å². The lowest BCUT2D eigenvalue weighted by Gasteiger charge is -2.23. The molecule has 0 aliphatic heterocycles. The zero-order chi connectivity index (χ0) is 14.1. The highest BCUT2D eigenvalue weighted by atomic mass is 79.9. The van der Waals surface area contributed by atoms with Gasteiger partial charge in [0.2, 0.25) is 0 Å². The van der Waals surface area contributed by atoms with Crippen molar-refractivity contribution in [3.05, 3.63) is 69.4 Å². The summed E-state index contributed by atoms with van der Waals surface area (Å²) >= 11 is 3.27. The van der Waals surface area contributed by atoms with E-state index in [1.807, 2.05) is 30.3 Å². The van der Waals surface area contributed by atoms with Gasteiger partial charge in [0.1, 0.15) is 5.82 Å². The minimum atomic E-state index is -0.272. The molecule has 0 radical (unpaired) electrons. The van der Waals surface area contributed by atoms with E-state index >= 15 is 0 Å². The highest BCUT2D eigenvalue weighted by Gasteiger charge is 2.27. The third-order valence-corrected chi connectivity index (χ3v) is 4.80. The van der Waals surface area contributed by atoms with Crippen LogP contribution >= 0.6 is 15.9 Å². The van der Waals surface area contributed by atoms with Crippen LogP contribution in [0.1, 0.15) is 27.9 Å². The Kier molecular flexibility index (Phi) is 3.70. The fourth-order valence-corrected chi connectivity index (χ4v) is 3.25. The summed E-state index contributed by atoms with van der Waals surface area (Å²) in [7, 11) is 0. The van der Waals surface area contributed by atoms with Crippen molar-refractivity contribution in [2.75, 3.05) is 0 Å². The van der Waals surface area contributed by atoms with Gasteiger partial charge in [-0.3, -0.25) is 4.79 Å². The van der Waals surface area contributed by atoms with Gasteiger partial charge in [-0.2, -0.15) is 0 Å². The van der Waals surface area contributed by atoms with E-state index in [-0.39, 0.29) is 17.5 Å². The third-order valence-electron chi connectivity index (χ3n) is 3.91. The number of hydrogen-bond acceptors (Lipinski definition) is 1. The molecule has 0 fully saturated rings. The minimum Gasteiger partial charge on any atom is -0.294 e. The topological polar surface area (TPSA) is 17.1 Å². The lowest BCUT2D eigenvalue weighted by molar-refractivity contribution is 0.0901. The highest BCUT2D eigenvalue weighted by Crippen LogP contribution is 2.30. The van der Waals surface area contributed by atoms with E-state index in [0.717, 1.165) is 29.5 Å². The predicted molar refractivity (Wildman–Crippen MR) is 80.4 cm³/mol. The molecule has 3 heteroatoms. The predicted octanol–water partition coefficient (Wildman–Crippen LogP) is 4.58. The van der Waals surface area contributed by atoms with E-state index in [0.29, 0.717) is 10.9 Å². The number of carbonyl (C=O) groups excluding carboxylic acids is 1. The molecule has 0 saturated heterocycles. The first-order chi connectivity index (χ1) is 9.66. The summed E-state index contributed by atoms with van der Waals surface area (Å²) in [6.45, 7) is 0. The second kappa shape index (κ2) is 5.49. The maximum absolute atomic E-state index is 13.5. The highest BCUT2D eigenvalue weighted by molar-refractivity contribution is 9.10. The van der Waals surface area contributed by atoms with Crippen molar-refractivity contribution in [3.8, 4) is 0 Å². The van der Waals surface area contributed by atoms with Crippen LogP contribution in [0.25, 0.3) is 0 Å². The number of hydrogen-bond donors (Lipinski definition) is 0. The molecule has 3 rings (SSSR count). The summed E-state index contributed by atoms with van der Waals surface area (Å²) in [6, 6.07) is 12.8. The molecule has 0 N–H and O–H groups in total. The van der Waals surface area contributed by atoms with Gasteiger partial charge in [-0.25, -0.2) is 4.39 Å². The minimum absolute atomic E-state index is 0.0528. The molecular formula is C17H14BrFO. The van der Waals surface area contributed by atoms with Crippen molar-refractivity contribution in [2.24, 2.45) is 5.92 Å². The Morgan fingerprint density at radius 1 is 1.15 bits per heavy atom. The van der Waals surface area contributed by atoms with Crippen LogP contribution in [-0.2, 0) is 12.8 Å². The number of ketones is 1. The maximum Gasteiger partial charge on any atom is 0.166 e. The van der Waals surface area contributed by atoms with Gasteiger partial charge in [0, 0.05) is 11.5 Å². The zero-order valence-corrected chi connectivity index (χ0v) is 12.5. The molecule has 2 aromatic carbocycles. The molecule has 0 bridgehead atoms. The smallest absolute Gasteiger partial charge is 0.166 e. The number of benzene rings is 2. The first kappa shape index (κ1) is 13.5. The molecule has 1 atom stereocenters. The molecule has 1 nitrogen and oxygen atoms in total. The molecule has 102 valence electrons. The number of aryl methyl sites for hydroxylation is 1. The second-order valence-corrected chi connectivity index (χ2v) is 5.97. The number of fused-ring (bicyclic) bond motifs is 1. The van der Waals surface area contributed by atoms with E-state index in [1.165, 1.54) is 6.07 Å². The largest absolute Gasteiger partial charge is 0.294 e. The van der Waals surface area contributed by atoms with Crippen molar-refractivity contribution >= 4 is 21.7 Å². The van der Waals surface area contributed by atoms with Crippen molar-refractivity contribution in [3.63, 3.8) is 0 Å². The Hall–Kier alpha value is -1.48. The monoisotopic (exact) mass is 332 g/mol. The van der Waals surface area contributed by atoms with Crippen LogP contribution < -0.4 is 0 Å². The van der Waals surface area contributed by atoms with Gasteiger partial charge in [-0.15, -0.1) is 0 Å². The first-order valence-corrected chi connectivity index (χ1v) is 7.51. The molecule has 1 unspecified atom stereocenters. The fourth-order valence-electron chi connectivity index (χ4n) is 2.83. The lowest BCUT2D eigenvalue weighted by Crippen LogP contribution is -2.24. The SMILES string of the molecule is O=C1c2ccccc2CCC1Cc1cccc(F)c1Br. The summed E-state index contributed by atoms with van der Waals surface area (Å²) < 4.78 is 14.0. The number of rotatable bonds is 2. The van der Waals surface area contributed by atoms with E-state index in [1.54, 1.807) is 6.07 Å². The summed E-state index contributed by atoms with van der Waals surface area (Å²) in [4.78, 5) is 12.5. The van der Waals surface area contributed by atoms with Gasteiger partial charge in [0.25, 0.3) is 0 Å². The summed E-state index contributed by atoms with van der Waals surface area (Å²) in [6.07, 6.45) is 2.34. The van der Waals surface area contributed by atoms with Gasteiger partial charge in [-0.05, 0) is 52.4 Å². The molecule has 0 amide bonds. The summed E-state index contributed by atoms with van der Waals surface area (Å²) in [5.41, 5.74) is 2.83. The number of carbonyl (C=O) groups is 1. The molecule has 1 aliphatic carbocycles. The Balaban J connectivity index is 1.87. The normalized spacial score (nSPS) is 17.9. The molecule has 1 aliphatic rings. The summed E-state index contributed by atoms with van der Waals surface area (Å²) in [5, 5.41) is 0. The van der Waals surface area contributed by atoms with Crippen LogP contribution in [0.3, 0.4) is 0 Å². The third kappa shape index (κ3) is 2.42. The molecule has 0 saturated carbocycles. The Morgan fingerprint density at radius 2 is 1.95 bits per heavy atom. The Morgan fingerprint density at radius 3 is 2.80 bits per heavy atom. The number of halogens is 2. The molecular weight excluding hydrogens is 319 g/mol. The second-order valence-electron chi connectivity index (χ2n) is 5.17. The van der Waals surface area contributed by atoms with Crippen molar-refractivity contribution in [2.45, 2.75) is 19.3 Å². The average Bonchev–Trinajstić information content (AvgIpc) is 2.47. The molecule has 0 spiro atoms. The van der Waals surface area contributed by atoms with Gasteiger partial charge in [0.05, 0.1) is 4.47 Å². The van der Waals surface area contributed by atoms with Crippen LogP contribution in [0, 0.1) is 11.7 Å². The zero-order valence-electron chi connectivity index (χ0n) is 10.9. The van der Waals surface area contributed by atoms with E-state index < -0.39 is 0 Å². The van der Waals surface area contributed by atoms with Crippen molar-refractivity contribution in [1.29, 1.82) is 0 Å². The van der Waals surface area contributed by atoms with Crippen LogP contribution in [0.5, 0.6) is 0 Å². The molecule has 2 aromatic rings. The first-order valence-electron chi connectivity index (χ1n) is 6.72. The maximum atomic E-state index is 13.5. The molecule has 20 heavy (non-hydrogen) atoms. The summed E-state index contributed by atoms with van der Waals surface area (Å²) in [5.74, 6) is -0.142. The Labute approximate surface area is 126 Å². The van der Waals surface area contributed by atoms with E-state index in [4.69, 9.17) is 0 Å². The average molecular weight is 333 g/mol. The van der Waals surface area contributed by atoms with Crippen LogP contribution in [0.2, 0.25) is 0 Å². The van der Waals surface area contributed by atoms with Gasteiger partial charge in [-0.1, -0.05) is 36.4 Å². The molecule has 0 heterocycles. The molecule has 0 aromatic heterocycles. The van der Waals surface area contributed by atoms with Crippen LogP contribution in [-0.4, -0.2) is 5.78 Å². The van der Waals surface area contributed by atoms with E-state index in [9.17, 15) is 9.18 Å². The van der Waals surface area contributed by atoms with Crippen molar-refractivity contribution < 1.29 is 9.18 Å². The van der Waals surface area contributed by atoms with Gasteiger partial charge < -0.3 is 0 Å². The van der Waals surface area contributed by atoms with Crippen LogP contribution in [0.4, 0.5) is 4.39 Å². The van der Waals surface area contributed by atoms with Gasteiger partial charge in [0.15, 0.2) is 5.78 Å². The lowest BCUT2D eigenvalue weighted by atomic mass is 9.80. The number of Topliss-reactive ketones (excluding diaryl/α,β-unsaturated/α-hetero) is 1. The van der Waals surface area contributed by atoms with E-state index in [2.05, 4.69) is 15.9 Å². The van der Waals surface area contributed by atoms with Crippen molar-refractivity contribution in [1.82, 2.24) is 0 Å². The van der Waals surface area contributed by atoms with Gasteiger partial charge >= 0.3 is 0 Å². The standard InChI is InChI=1S/C17H14BrFO/c18-16-12(5-3-7-15(16)19)10-13-9-8-11-4-1-2-6-14(11)17(13)20/h1-7,13H,8-10H2. The fraction of sp³-hybridized carbons (Fsp3) is 0.235.